The fraction of sp³-hybridized carbons (Fsp3) is 0.273. The number of carbonyl (C=O) groups is 1. The molecule has 0 aliphatic carbocycles. The maximum Gasteiger partial charge on any atom is 0.257 e. The molecule has 0 spiro atoms. The molecule has 138 valence electrons. The van der Waals surface area contributed by atoms with Gasteiger partial charge in [-0.1, -0.05) is 59.8 Å². The molecule has 3 aromatic rings. The van der Waals surface area contributed by atoms with Crippen LogP contribution in [0.4, 0.5) is 0 Å². The van der Waals surface area contributed by atoms with Crippen molar-refractivity contribution in [2.24, 2.45) is 0 Å². The quantitative estimate of drug-likeness (QED) is 0.755. The number of amides is 1. The highest BCUT2D eigenvalue weighted by atomic mass is 16.5. The van der Waals surface area contributed by atoms with Crippen LogP contribution in [0.15, 0.2) is 65.3 Å². The fourth-order valence-electron chi connectivity index (χ4n) is 3.64. The summed E-state index contributed by atoms with van der Waals surface area (Å²) < 4.78 is 5.32. The minimum absolute atomic E-state index is 0.0290. The van der Waals surface area contributed by atoms with Gasteiger partial charge in [0, 0.05) is 31.2 Å². The van der Waals surface area contributed by atoms with Crippen LogP contribution in [0, 0.1) is 0 Å². The first kappa shape index (κ1) is 17.5. The Hall–Kier alpha value is -2.92. The molecule has 1 aliphatic rings. The van der Waals surface area contributed by atoms with Crippen molar-refractivity contribution in [2.45, 2.75) is 25.9 Å². The second-order valence-corrected chi connectivity index (χ2v) is 7.06. The van der Waals surface area contributed by atoms with Gasteiger partial charge in [-0.05, 0) is 24.5 Å². The lowest BCUT2D eigenvalue weighted by Crippen LogP contribution is -2.43. The summed E-state index contributed by atoms with van der Waals surface area (Å²) in [6, 6.07) is 18.2. The van der Waals surface area contributed by atoms with Crippen LogP contribution in [0.3, 0.4) is 0 Å². The number of carbonyl (C=O) groups excluding carboxylic acids is 1. The van der Waals surface area contributed by atoms with Gasteiger partial charge in [0.2, 0.25) is 0 Å². The lowest BCUT2D eigenvalue weighted by atomic mass is 9.99. The lowest BCUT2D eigenvalue weighted by Gasteiger charge is -2.31. The molecule has 27 heavy (non-hydrogen) atoms. The molecular formula is C22H23N3O2. The van der Waals surface area contributed by atoms with Crippen LogP contribution in [0.2, 0.25) is 0 Å². The lowest BCUT2D eigenvalue weighted by molar-refractivity contribution is 0.0927. The summed E-state index contributed by atoms with van der Waals surface area (Å²) in [5.74, 6) is 0.354. The van der Waals surface area contributed by atoms with E-state index in [1.54, 1.807) is 0 Å². The van der Waals surface area contributed by atoms with Gasteiger partial charge < -0.3 is 9.84 Å². The molecule has 0 unspecified atom stereocenters. The Kier molecular flexibility index (Phi) is 5.03. The monoisotopic (exact) mass is 361 g/mol. The predicted molar refractivity (Wildman–Crippen MR) is 104 cm³/mol. The van der Waals surface area contributed by atoms with Crippen LogP contribution in [-0.2, 0) is 13.0 Å². The van der Waals surface area contributed by atoms with Crippen LogP contribution in [0.5, 0.6) is 0 Å². The van der Waals surface area contributed by atoms with Gasteiger partial charge in [0.05, 0.1) is 6.20 Å². The van der Waals surface area contributed by atoms with E-state index in [4.69, 9.17) is 4.52 Å². The van der Waals surface area contributed by atoms with Crippen LogP contribution in [0.25, 0.3) is 11.3 Å². The highest BCUT2D eigenvalue weighted by Gasteiger charge is 2.22. The number of hydrogen-bond acceptors (Lipinski definition) is 4. The standard InChI is InChI=1S/C22H23N3O2/c1-16(14-25-12-11-17-7-5-6-10-19(17)15-25)24-22(26)20-13-23-27-21(20)18-8-3-2-4-9-18/h2-10,13,16H,11-12,14-15H2,1H3,(H,24,26)/t16-/m1/s1. The van der Waals surface area contributed by atoms with E-state index in [0.717, 1.165) is 31.6 Å². The highest BCUT2D eigenvalue weighted by molar-refractivity contribution is 5.99. The van der Waals surface area contributed by atoms with Gasteiger partial charge in [-0.2, -0.15) is 0 Å². The van der Waals surface area contributed by atoms with Crippen molar-refractivity contribution in [2.75, 3.05) is 13.1 Å². The van der Waals surface area contributed by atoms with Crippen molar-refractivity contribution in [3.8, 4) is 11.3 Å². The van der Waals surface area contributed by atoms with Gasteiger partial charge >= 0.3 is 0 Å². The Morgan fingerprint density at radius 1 is 1.15 bits per heavy atom. The van der Waals surface area contributed by atoms with Gasteiger partial charge in [0.25, 0.3) is 5.91 Å². The number of nitrogens with one attached hydrogen (secondary N) is 1. The summed E-state index contributed by atoms with van der Waals surface area (Å²) in [6.45, 7) is 4.79. The van der Waals surface area contributed by atoms with Crippen molar-refractivity contribution in [3.63, 3.8) is 0 Å². The molecule has 1 atom stereocenters. The Morgan fingerprint density at radius 2 is 1.89 bits per heavy atom. The van der Waals surface area contributed by atoms with Gasteiger partial charge in [-0.25, -0.2) is 0 Å². The predicted octanol–water partition coefficient (Wildman–Crippen LogP) is 3.52. The molecule has 5 heteroatoms. The first-order valence-corrected chi connectivity index (χ1v) is 9.31. The molecule has 0 saturated carbocycles. The van der Waals surface area contributed by atoms with Crippen molar-refractivity contribution < 1.29 is 9.32 Å². The third kappa shape index (κ3) is 3.93. The zero-order valence-corrected chi connectivity index (χ0v) is 15.4. The third-order valence-corrected chi connectivity index (χ3v) is 4.97. The molecule has 0 fully saturated rings. The molecule has 4 rings (SSSR count). The van der Waals surface area contributed by atoms with E-state index < -0.39 is 0 Å². The van der Waals surface area contributed by atoms with E-state index in [1.807, 2.05) is 37.3 Å². The van der Waals surface area contributed by atoms with Gasteiger partial charge in [-0.15, -0.1) is 0 Å². The summed E-state index contributed by atoms with van der Waals surface area (Å²) in [7, 11) is 0. The molecule has 2 aromatic carbocycles. The average molecular weight is 361 g/mol. The van der Waals surface area contributed by atoms with E-state index in [2.05, 4.69) is 39.6 Å². The van der Waals surface area contributed by atoms with Crippen LogP contribution < -0.4 is 5.32 Å². The Balaban J connectivity index is 1.39. The first-order chi connectivity index (χ1) is 13.2. The number of hydrogen-bond donors (Lipinski definition) is 1. The first-order valence-electron chi connectivity index (χ1n) is 9.31. The summed E-state index contributed by atoms with van der Waals surface area (Å²) in [4.78, 5) is 15.1. The van der Waals surface area contributed by atoms with Crippen LogP contribution in [-0.4, -0.2) is 35.1 Å². The normalized spacial score (nSPS) is 15.1. The van der Waals surface area contributed by atoms with Gasteiger partial charge in [-0.3, -0.25) is 9.69 Å². The van der Waals surface area contributed by atoms with Gasteiger partial charge in [0.15, 0.2) is 5.76 Å². The summed E-state index contributed by atoms with van der Waals surface area (Å²) in [6.07, 6.45) is 2.54. The number of aromatic nitrogens is 1. The molecule has 1 aliphatic heterocycles. The van der Waals surface area contributed by atoms with Crippen molar-refractivity contribution in [1.82, 2.24) is 15.4 Å². The third-order valence-electron chi connectivity index (χ3n) is 4.97. The summed E-state index contributed by atoms with van der Waals surface area (Å²) in [5.41, 5.74) is 4.13. The second kappa shape index (κ2) is 7.76. The summed E-state index contributed by atoms with van der Waals surface area (Å²) in [5, 5.41) is 6.90. The number of nitrogens with zero attached hydrogens (tertiary/aromatic N) is 2. The number of fused-ring (bicyclic) bond motifs is 1. The van der Waals surface area contributed by atoms with E-state index in [-0.39, 0.29) is 11.9 Å². The largest absolute Gasteiger partial charge is 0.355 e. The van der Waals surface area contributed by atoms with E-state index in [1.165, 1.54) is 17.3 Å². The Morgan fingerprint density at radius 3 is 2.70 bits per heavy atom. The maximum atomic E-state index is 12.7. The topological polar surface area (TPSA) is 58.4 Å². The van der Waals surface area contributed by atoms with E-state index >= 15 is 0 Å². The van der Waals surface area contributed by atoms with Crippen molar-refractivity contribution >= 4 is 5.91 Å². The molecule has 1 N–H and O–H groups in total. The van der Waals surface area contributed by atoms with Crippen LogP contribution >= 0.6 is 0 Å². The smallest absolute Gasteiger partial charge is 0.257 e. The molecule has 0 saturated heterocycles. The van der Waals surface area contributed by atoms with Crippen LogP contribution in [0.1, 0.15) is 28.4 Å². The maximum absolute atomic E-state index is 12.7. The number of benzene rings is 2. The molecule has 2 heterocycles. The zero-order chi connectivity index (χ0) is 18.6. The average Bonchev–Trinajstić information content (AvgIpc) is 3.18. The molecule has 0 radical (unpaired) electrons. The molecule has 0 bridgehead atoms. The van der Waals surface area contributed by atoms with E-state index in [9.17, 15) is 4.79 Å². The molecule has 1 amide bonds. The number of rotatable bonds is 5. The van der Waals surface area contributed by atoms with Crippen molar-refractivity contribution in [1.29, 1.82) is 0 Å². The zero-order valence-electron chi connectivity index (χ0n) is 15.4. The van der Waals surface area contributed by atoms with Gasteiger partial charge in [0.1, 0.15) is 5.56 Å². The SMILES string of the molecule is C[C@H](CN1CCc2ccccc2C1)NC(=O)c1cnoc1-c1ccccc1. The minimum atomic E-state index is -0.153. The Bertz CT molecular complexity index is 920. The molecule has 5 nitrogen and oxygen atoms in total. The minimum Gasteiger partial charge on any atom is -0.355 e. The highest BCUT2D eigenvalue weighted by Crippen LogP contribution is 2.23. The molecule has 1 aromatic heterocycles. The Labute approximate surface area is 159 Å². The molecular weight excluding hydrogens is 338 g/mol. The fourth-order valence-corrected chi connectivity index (χ4v) is 3.64. The van der Waals surface area contributed by atoms with E-state index in [0.29, 0.717) is 11.3 Å². The second-order valence-electron chi connectivity index (χ2n) is 7.06. The van der Waals surface area contributed by atoms with Crippen molar-refractivity contribution in [3.05, 3.63) is 77.5 Å². The summed E-state index contributed by atoms with van der Waals surface area (Å²) >= 11 is 0.